The van der Waals surface area contributed by atoms with Gasteiger partial charge in [-0.3, -0.25) is 10.1 Å². The number of aliphatic hydroxyl groups excluding tert-OH is 1. The lowest BCUT2D eigenvalue weighted by atomic mass is 9.89. The van der Waals surface area contributed by atoms with Gasteiger partial charge in [-0.05, 0) is 60.1 Å². The molecule has 2 atom stereocenters. The number of nitrogens with one attached hydrogen (secondary N) is 1. The maximum absolute atomic E-state index is 13.2. The number of nitrogens with zero attached hydrogens (tertiary/aromatic N) is 1. The first-order chi connectivity index (χ1) is 14.4. The normalized spacial score (nSPS) is 17.1. The molecule has 0 saturated carbocycles. The molecule has 30 heavy (non-hydrogen) atoms. The first-order valence-electron chi connectivity index (χ1n) is 10.5. The number of benzene rings is 2. The van der Waals surface area contributed by atoms with Crippen LogP contribution in [0, 0.1) is 5.92 Å². The van der Waals surface area contributed by atoms with E-state index in [0.29, 0.717) is 11.5 Å². The Morgan fingerprint density at radius 2 is 1.70 bits per heavy atom. The van der Waals surface area contributed by atoms with Gasteiger partial charge in [0.2, 0.25) is 5.91 Å². The Morgan fingerprint density at radius 3 is 2.23 bits per heavy atom. The zero-order valence-electron chi connectivity index (χ0n) is 17.8. The van der Waals surface area contributed by atoms with Gasteiger partial charge in [-0.25, -0.2) is 0 Å². The molecule has 2 aromatic rings. The average molecular weight is 431 g/mol. The Kier molecular flexibility index (Phi) is 7.75. The number of piperidine rings is 1. The second kappa shape index (κ2) is 10.3. The number of hydrogen-bond donors (Lipinski definition) is 2. The van der Waals surface area contributed by atoms with Gasteiger partial charge in [-0.2, -0.15) is 0 Å². The molecule has 1 fully saturated rings. The van der Waals surface area contributed by atoms with Crippen LogP contribution in [0.4, 0.5) is 0 Å². The molecule has 1 heterocycles. The number of likely N-dealkylation sites (tertiary alicyclic amines) is 1. The number of hydrogen-bond acceptors (Lipinski definition) is 4. The van der Waals surface area contributed by atoms with Crippen molar-refractivity contribution in [1.29, 1.82) is 0 Å². The van der Waals surface area contributed by atoms with Crippen LogP contribution in [0.5, 0.6) is 5.75 Å². The van der Waals surface area contributed by atoms with Gasteiger partial charge in [-0.1, -0.05) is 49.7 Å². The van der Waals surface area contributed by atoms with Gasteiger partial charge in [0.1, 0.15) is 12.0 Å². The van der Waals surface area contributed by atoms with E-state index in [1.807, 2.05) is 30.9 Å². The lowest BCUT2D eigenvalue weighted by molar-refractivity contribution is -0.136. The van der Waals surface area contributed by atoms with E-state index in [-0.39, 0.29) is 11.8 Å². The summed E-state index contributed by atoms with van der Waals surface area (Å²) in [7, 11) is 1.60. The van der Waals surface area contributed by atoms with Crippen molar-refractivity contribution in [3.05, 3.63) is 64.7 Å². The predicted octanol–water partition coefficient (Wildman–Crippen LogP) is 4.36. The Balaban J connectivity index is 1.60. The molecule has 6 heteroatoms. The number of rotatable bonds is 7. The highest BCUT2D eigenvalue weighted by molar-refractivity contribution is 6.30. The van der Waals surface area contributed by atoms with Crippen molar-refractivity contribution in [1.82, 2.24) is 10.2 Å². The van der Waals surface area contributed by atoms with Crippen molar-refractivity contribution >= 4 is 17.5 Å². The third-order valence-corrected chi connectivity index (χ3v) is 6.10. The van der Waals surface area contributed by atoms with Crippen LogP contribution >= 0.6 is 11.6 Å². The van der Waals surface area contributed by atoms with E-state index in [2.05, 4.69) is 17.4 Å². The number of carbonyl (C=O) groups is 1. The zero-order valence-corrected chi connectivity index (χ0v) is 18.6. The van der Waals surface area contributed by atoms with E-state index in [9.17, 15) is 9.90 Å². The molecule has 0 aromatic heterocycles. The van der Waals surface area contributed by atoms with Crippen LogP contribution in [0.15, 0.2) is 48.5 Å². The molecule has 1 saturated heterocycles. The Bertz CT molecular complexity index is 815. The predicted molar refractivity (Wildman–Crippen MR) is 120 cm³/mol. The van der Waals surface area contributed by atoms with E-state index in [0.717, 1.165) is 36.7 Å². The van der Waals surface area contributed by atoms with Gasteiger partial charge in [0.15, 0.2) is 0 Å². The molecule has 162 valence electrons. The molecule has 2 N–H and O–H groups in total. The number of carbonyl (C=O) groups excluding carboxylic acids is 1. The molecule has 2 unspecified atom stereocenters. The lowest BCUT2D eigenvalue weighted by Crippen LogP contribution is -2.52. The van der Waals surface area contributed by atoms with Crippen molar-refractivity contribution in [2.75, 3.05) is 20.2 Å². The van der Waals surface area contributed by atoms with E-state index in [4.69, 9.17) is 16.3 Å². The molecule has 1 aliphatic rings. The summed E-state index contributed by atoms with van der Waals surface area (Å²) in [6.45, 7) is 5.43. The highest BCUT2D eigenvalue weighted by atomic mass is 35.5. The fourth-order valence-corrected chi connectivity index (χ4v) is 4.09. The van der Waals surface area contributed by atoms with E-state index in [1.165, 1.54) is 5.56 Å². The third kappa shape index (κ3) is 5.54. The topological polar surface area (TPSA) is 61.8 Å². The van der Waals surface area contributed by atoms with Crippen LogP contribution in [0.25, 0.3) is 0 Å². The summed E-state index contributed by atoms with van der Waals surface area (Å²) in [4.78, 5) is 15.1. The monoisotopic (exact) mass is 430 g/mol. The molecule has 0 bridgehead atoms. The molecule has 0 spiro atoms. The molecule has 1 amide bonds. The molecular weight excluding hydrogens is 400 g/mol. The second-order valence-electron chi connectivity index (χ2n) is 8.22. The zero-order chi connectivity index (χ0) is 21.7. The highest BCUT2D eigenvalue weighted by Crippen LogP contribution is 2.29. The molecule has 3 rings (SSSR count). The number of methoxy groups -OCH3 is 1. The minimum atomic E-state index is -0.918. The summed E-state index contributed by atoms with van der Waals surface area (Å²) in [5.74, 6) is 1.28. The van der Waals surface area contributed by atoms with Gasteiger partial charge in [0.05, 0.1) is 13.2 Å². The van der Waals surface area contributed by atoms with Gasteiger partial charge < -0.3 is 14.7 Å². The summed E-state index contributed by atoms with van der Waals surface area (Å²) >= 11 is 5.99. The first kappa shape index (κ1) is 22.6. The largest absolute Gasteiger partial charge is 0.497 e. The van der Waals surface area contributed by atoms with Crippen LogP contribution in [-0.2, 0) is 4.79 Å². The van der Waals surface area contributed by atoms with Gasteiger partial charge in [-0.15, -0.1) is 0 Å². The van der Waals surface area contributed by atoms with Gasteiger partial charge in [0.25, 0.3) is 0 Å². The van der Waals surface area contributed by atoms with Crippen LogP contribution in [0.3, 0.4) is 0 Å². The fourth-order valence-electron chi connectivity index (χ4n) is 3.97. The van der Waals surface area contributed by atoms with Crippen molar-refractivity contribution < 1.29 is 14.6 Å². The van der Waals surface area contributed by atoms with Crippen molar-refractivity contribution in [2.45, 2.75) is 44.9 Å². The smallest absolute Gasteiger partial charge is 0.240 e. The van der Waals surface area contributed by atoms with Crippen LogP contribution in [0.2, 0.25) is 5.02 Å². The minimum absolute atomic E-state index is 0.0483. The van der Waals surface area contributed by atoms with Crippen LogP contribution < -0.4 is 10.1 Å². The first-order valence-corrected chi connectivity index (χ1v) is 10.9. The Labute approximate surface area is 184 Å². The summed E-state index contributed by atoms with van der Waals surface area (Å²) in [5.41, 5.74) is 1.98. The van der Waals surface area contributed by atoms with Crippen molar-refractivity contribution in [3.8, 4) is 5.75 Å². The molecule has 0 aliphatic carbocycles. The SMILES string of the molecule is COc1ccc(C(O)NC(C(=O)N2CCC(c3ccc(Cl)cc3)CC2)C(C)C)cc1. The average Bonchev–Trinajstić information content (AvgIpc) is 2.77. The quantitative estimate of drug-likeness (QED) is 0.640. The number of aliphatic hydroxyl groups is 1. The fraction of sp³-hybridized carbons (Fsp3) is 0.458. The minimum Gasteiger partial charge on any atom is -0.497 e. The van der Waals surface area contributed by atoms with Crippen LogP contribution in [-0.4, -0.2) is 42.2 Å². The van der Waals surface area contributed by atoms with Crippen molar-refractivity contribution in [2.24, 2.45) is 5.92 Å². The summed E-state index contributed by atoms with van der Waals surface area (Å²) in [6.07, 6.45) is 0.942. The van der Waals surface area contributed by atoms with Crippen molar-refractivity contribution in [3.63, 3.8) is 0 Å². The molecular formula is C24H31ClN2O3. The highest BCUT2D eigenvalue weighted by Gasteiger charge is 2.31. The van der Waals surface area contributed by atoms with Crippen LogP contribution in [0.1, 0.15) is 50.0 Å². The molecule has 1 aliphatic heterocycles. The molecule has 0 radical (unpaired) electrons. The lowest BCUT2D eigenvalue weighted by Gasteiger charge is -2.36. The maximum atomic E-state index is 13.2. The second-order valence-corrected chi connectivity index (χ2v) is 8.65. The number of ether oxygens (including phenoxy) is 1. The standard InChI is InChI=1S/C24H31ClN2O3/c1-16(2)22(26-23(28)19-6-10-21(30-3)11-7-19)24(29)27-14-12-18(13-15-27)17-4-8-20(25)9-5-17/h4-11,16,18,22-23,26,28H,12-15H2,1-3H3. The summed E-state index contributed by atoms with van der Waals surface area (Å²) in [6, 6.07) is 14.8. The summed E-state index contributed by atoms with van der Waals surface area (Å²) < 4.78 is 5.16. The maximum Gasteiger partial charge on any atom is 0.240 e. The van der Waals surface area contributed by atoms with E-state index in [1.54, 1.807) is 31.4 Å². The number of amides is 1. The third-order valence-electron chi connectivity index (χ3n) is 5.85. The van der Waals surface area contributed by atoms with Gasteiger partial charge in [0, 0.05) is 18.1 Å². The Morgan fingerprint density at radius 1 is 1.10 bits per heavy atom. The number of halogens is 1. The van der Waals surface area contributed by atoms with Gasteiger partial charge >= 0.3 is 0 Å². The Hall–Kier alpha value is -2.08. The molecule has 2 aromatic carbocycles. The summed E-state index contributed by atoms with van der Waals surface area (Å²) in [5, 5.41) is 14.5. The van der Waals surface area contributed by atoms with E-state index < -0.39 is 12.3 Å². The van der Waals surface area contributed by atoms with E-state index >= 15 is 0 Å². The molecule has 5 nitrogen and oxygen atoms in total.